The Morgan fingerprint density at radius 2 is 2.05 bits per heavy atom. The normalized spacial score (nSPS) is 19.6. The Bertz CT molecular complexity index is 593. The smallest absolute Gasteiger partial charge is 0.242 e. The lowest BCUT2D eigenvalue weighted by Gasteiger charge is -2.27. The Hall–Kier alpha value is -1.02. The molecule has 1 unspecified atom stereocenters. The fourth-order valence-electron chi connectivity index (χ4n) is 2.31. The van der Waals surface area contributed by atoms with Crippen LogP contribution in [0.5, 0.6) is 0 Å². The number of hydrogen-bond acceptors (Lipinski definition) is 4. The standard InChI is InChI=1S/C14H20N2O3S2/c1-16(10-12-4-2-3-9-19-12)21(17,18)13-7-5-11(6-8-13)14(15)20/h5-8,12H,2-4,9-10H2,1H3,(H2,15,20). The lowest BCUT2D eigenvalue weighted by Crippen LogP contribution is -2.37. The molecule has 0 aromatic heterocycles. The first-order valence-electron chi connectivity index (χ1n) is 6.89. The summed E-state index contributed by atoms with van der Waals surface area (Å²) in [7, 11) is -1.93. The van der Waals surface area contributed by atoms with Crippen molar-refractivity contribution in [3.05, 3.63) is 29.8 Å². The second-order valence-electron chi connectivity index (χ2n) is 5.16. The van der Waals surface area contributed by atoms with Crippen molar-refractivity contribution in [1.82, 2.24) is 4.31 Å². The van der Waals surface area contributed by atoms with E-state index in [1.54, 1.807) is 19.2 Å². The van der Waals surface area contributed by atoms with Crippen LogP contribution in [-0.2, 0) is 14.8 Å². The van der Waals surface area contributed by atoms with Gasteiger partial charge in [-0.15, -0.1) is 0 Å². The van der Waals surface area contributed by atoms with Crippen LogP contribution in [0.2, 0.25) is 0 Å². The van der Waals surface area contributed by atoms with Crippen LogP contribution in [0, 0.1) is 0 Å². The highest BCUT2D eigenvalue weighted by molar-refractivity contribution is 7.89. The molecule has 0 saturated carbocycles. The Kier molecular flexibility index (Phi) is 5.32. The highest BCUT2D eigenvalue weighted by Crippen LogP contribution is 2.19. The monoisotopic (exact) mass is 328 g/mol. The first-order chi connectivity index (χ1) is 9.91. The zero-order valence-electron chi connectivity index (χ0n) is 12.0. The van der Waals surface area contributed by atoms with E-state index in [0.717, 1.165) is 19.3 Å². The number of thiocarbonyl (C=S) groups is 1. The van der Waals surface area contributed by atoms with Crippen molar-refractivity contribution in [2.45, 2.75) is 30.3 Å². The average molecular weight is 328 g/mol. The molecule has 0 bridgehead atoms. The number of hydrogen-bond donors (Lipinski definition) is 1. The van der Waals surface area contributed by atoms with Gasteiger partial charge >= 0.3 is 0 Å². The molecule has 1 heterocycles. The Labute approximate surface area is 131 Å². The van der Waals surface area contributed by atoms with Gasteiger partial charge in [0, 0.05) is 25.8 Å². The number of likely N-dealkylation sites (N-methyl/N-ethyl adjacent to an activating group) is 1. The lowest BCUT2D eigenvalue weighted by atomic mass is 10.1. The molecule has 0 spiro atoms. The van der Waals surface area contributed by atoms with Crippen molar-refractivity contribution >= 4 is 27.2 Å². The van der Waals surface area contributed by atoms with Gasteiger partial charge in [0.05, 0.1) is 11.0 Å². The van der Waals surface area contributed by atoms with E-state index < -0.39 is 10.0 Å². The molecule has 7 heteroatoms. The van der Waals surface area contributed by atoms with Crippen LogP contribution in [0.25, 0.3) is 0 Å². The van der Waals surface area contributed by atoms with Crippen LogP contribution in [0.15, 0.2) is 29.2 Å². The van der Waals surface area contributed by atoms with Gasteiger partial charge in [-0.2, -0.15) is 4.31 Å². The maximum atomic E-state index is 12.5. The van der Waals surface area contributed by atoms with Gasteiger partial charge in [-0.3, -0.25) is 0 Å². The molecular weight excluding hydrogens is 308 g/mol. The molecule has 0 amide bonds. The number of nitrogens with two attached hydrogens (primary N) is 1. The summed E-state index contributed by atoms with van der Waals surface area (Å²) >= 11 is 4.86. The van der Waals surface area contributed by atoms with Crippen LogP contribution in [0.1, 0.15) is 24.8 Å². The summed E-state index contributed by atoms with van der Waals surface area (Å²) in [5.74, 6) is 0. The third-order valence-corrected chi connectivity index (χ3v) is 5.66. The first kappa shape index (κ1) is 16.4. The number of nitrogens with zero attached hydrogens (tertiary/aromatic N) is 1. The second-order valence-corrected chi connectivity index (χ2v) is 7.65. The summed E-state index contributed by atoms with van der Waals surface area (Å²) in [6.45, 7) is 1.08. The Morgan fingerprint density at radius 3 is 2.57 bits per heavy atom. The molecule has 5 nitrogen and oxygen atoms in total. The molecule has 1 aliphatic rings. The minimum atomic E-state index is -3.51. The molecule has 2 N–H and O–H groups in total. The molecule has 0 aliphatic carbocycles. The minimum absolute atomic E-state index is 0.0191. The predicted molar refractivity (Wildman–Crippen MR) is 85.7 cm³/mol. The summed E-state index contributed by atoms with van der Waals surface area (Å²) in [6.07, 6.45) is 3.02. The number of ether oxygens (including phenoxy) is 1. The van der Waals surface area contributed by atoms with Crippen LogP contribution in [0.3, 0.4) is 0 Å². The minimum Gasteiger partial charge on any atom is -0.389 e. The van der Waals surface area contributed by atoms with Gasteiger partial charge in [-0.1, -0.05) is 24.4 Å². The zero-order valence-corrected chi connectivity index (χ0v) is 13.6. The van der Waals surface area contributed by atoms with Crippen molar-refractivity contribution in [3.8, 4) is 0 Å². The molecule has 2 rings (SSSR count). The van der Waals surface area contributed by atoms with Crippen LogP contribution in [0.4, 0.5) is 0 Å². The van der Waals surface area contributed by atoms with E-state index in [4.69, 9.17) is 22.7 Å². The molecular formula is C14H20N2O3S2. The molecule has 1 fully saturated rings. The fraction of sp³-hybridized carbons (Fsp3) is 0.500. The second kappa shape index (κ2) is 6.83. The molecule has 0 radical (unpaired) electrons. The number of rotatable bonds is 5. The summed E-state index contributed by atoms with van der Waals surface area (Å²) in [5, 5.41) is 0. The van der Waals surface area contributed by atoms with Crippen LogP contribution in [-0.4, -0.2) is 44.0 Å². The van der Waals surface area contributed by atoms with Crippen molar-refractivity contribution in [3.63, 3.8) is 0 Å². The lowest BCUT2D eigenvalue weighted by molar-refractivity contribution is 0.00858. The molecule has 21 heavy (non-hydrogen) atoms. The van der Waals surface area contributed by atoms with Crippen LogP contribution >= 0.6 is 12.2 Å². The summed E-state index contributed by atoms with van der Waals surface area (Å²) < 4.78 is 31.9. The molecule has 1 atom stereocenters. The third kappa shape index (κ3) is 4.00. The molecule has 1 aromatic rings. The quantitative estimate of drug-likeness (QED) is 0.830. The number of benzene rings is 1. The first-order valence-corrected chi connectivity index (χ1v) is 8.74. The van der Waals surface area contributed by atoms with E-state index in [9.17, 15) is 8.42 Å². The molecule has 116 valence electrons. The number of sulfonamides is 1. The molecule has 1 aliphatic heterocycles. The van der Waals surface area contributed by atoms with Crippen molar-refractivity contribution < 1.29 is 13.2 Å². The van der Waals surface area contributed by atoms with E-state index in [-0.39, 0.29) is 16.0 Å². The summed E-state index contributed by atoms with van der Waals surface area (Å²) in [5.41, 5.74) is 6.17. The van der Waals surface area contributed by atoms with Gasteiger partial charge in [-0.05, 0) is 31.4 Å². The highest BCUT2D eigenvalue weighted by atomic mass is 32.2. The van der Waals surface area contributed by atoms with Gasteiger partial charge in [0.1, 0.15) is 4.99 Å². The topological polar surface area (TPSA) is 72.6 Å². The Morgan fingerprint density at radius 1 is 1.38 bits per heavy atom. The van der Waals surface area contributed by atoms with E-state index in [1.165, 1.54) is 16.4 Å². The third-order valence-electron chi connectivity index (χ3n) is 3.58. The summed E-state index contributed by atoms with van der Waals surface area (Å²) in [6, 6.07) is 6.31. The Balaban J connectivity index is 2.10. The largest absolute Gasteiger partial charge is 0.389 e. The van der Waals surface area contributed by atoms with Crippen molar-refractivity contribution in [2.75, 3.05) is 20.2 Å². The van der Waals surface area contributed by atoms with E-state index in [2.05, 4.69) is 0 Å². The fourth-order valence-corrected chi connectivity index (χ4v) is 3.65. The van der Waals surface area contributed by atoms with Gasteiger partial charge in [0.15, 0.2) is 0 Å². The predicted octanol–water partition coefficient (Wildman–Crippen LogP) is 1.51. The zero-order chi connectivity index (χ0) is 15.5. The maximum Gasteiger partial charge on any atom is 0.242 e. The van der Waals surface area contributed by atoms with Crippen molar-refractivity contribution in [1.29, 1.82) is 0 Å². The summed E-state index contributed by atoms with van der Waals surface area (Å²) in [4.78, 5) is 0.490. The van der Waals surface area contributed by atoms with Gasteiger partial charge in [-0.25, -0.2) is 8.42 Å². The SMILES string of the molecule is CN(CC1CCCCO1)S(=O)(=O)c1ccc(C(N)=S)cc1. The maximum absolute atomic E-state index is 12.5. The van der Waals surface area contributed by atoms with Crippen LogP contribution < -0.4 is 5.73 Å². The van der Waals surface area contributed by atoms with Gasteiger partial charge in [0.2, 0.25) is 10.0 Å². The van der Waals surface area contributed by atoms with Gasteiger partial charge < -0.3 is 10.5 Å². The van der Waals surface area contributed by atoms with E-state index >= 15 is 0 Å². The molecule has 1 aromatic carbocycles. The van der Waals surface area contributed by atoms with Gasteiger partial charge in [0.25, 0.3) is 0 Å². The highest BCUT2D eigenvalue weighted by Gasteiger charge is 2.25. The average Bonchev–Trinajstić information content (AvgIpc) is 2.48. The molecule has 1 saturated heterocycles. The van der Waals surface area contributed by atoms with E-state index in [1.807, 2.05) is 0 Å². The van der Waals surface area contributed by atoms with E-state index in [0.29, 0.717) is 18.7 Å². The van der Waals surface area contributed by atoms with Crippen molar-refractivity contribution in [2.24, 2.45) is 5.73 Å².